The highest BCUT2D eigenvalue weighted by molar-refractivity contribution is 5.99. The summed E-state index contributed by atoms with van der Waals surface area (Å²) in [4.78, 5) is 37.0. The van der Waals surface area contributed by atoms with Gasteiger partial charge in [0.05, 0.1) is 0 Å². The van der Waals surface area contributed by atoms with Crippen molar-refractivity contribution in [2.24, 2.45) is 0 Å². The number of hydrogen-bond acceptors (Lipinski definition) is 7. The van der Waals surface area contributed by atoms with E-state index in [-0.39, 0.29) is 11.6 Å². The van der Waals surface area contributed by atoms with Gasteiger partial charge in [0.15, 0.2) is 6.61 Å². The number of benzene rings is 2. The first-order valence-corrected chi connectivity index (χ1v) is 10.8. The maximum atomic E-state index is 12.8. The molecule has 0 saturated carbocycles. The maximum absolute atomic E-state index is 12.8. The molecule has 0 aliphatic rings. The molecule has 4 rings (SSSR count). The molecule has 0 bridgehead atoms. The Hall–Kier alpha value is -4.54. The molecule has 0 radical (unpaired) electrons. The SMILES string of the molecule is Cc1cc(C(=O)COC(=O)Cn2nc(-c3ccccc3)oc2=O)c(C)n1-c1ccc(OC(F)F)cc1. The molecule has 0 amide bonds. The first-order chi connectivity index (χ1) is 17.2. The molecular formula is C25H21F2N3O6. The number of hydrogen-bond donors (Lipinski definition) is 0. The summed E-state index contributed by atoms with van der Waals surface area (Å²) in [6.45, 7) is -0.491. The van der Waals surface area contributed by atoms with Crippen molar-refractivity contribution >= 4 is 11.8 Å². The highest BCUT2D eigenvalue weighted by Crippen LogP contribution is 2.24. The minimum Gasteiger partial charge on any atom is -0.456 e. The maximum Gasteiger partial charge on any atom is 0.437 e. The third-order valence-corrected chi connectivity index (χ3v) is 5.32. The second kappa shape index (κ2) is 10.4. The van der Waals surface area contributed by atoms with Gasteiger partial charge in [-0.25, -0.2) is 4.79 Å². The van der Waals surface area contributed by atoms with Gasteiger partial charge < -0.3 is 18.5 Å². The quantitative estimate of drug-likeness (QED) is 0.255. The zero-order chi connectivity index (χ0) is 25.8. The number of ether oxygens (including phenoxy) is 2. The Labute approximate surface area is 203 Å². The molecule has 0 atom stereocenters. The predicted octanol–water partition coefficient (Wildman–Crippen LogP) is 3.94. The monoisotopic (exact) mass is 497 g/mol. The van der Waals surface area contributed by atoms with Gasteiger partial charge in [-0.05, 0) is 56.3 Å². The fourth-order valence-electron chi connectivity index (χ4n) is 3.71. The summed E-state index contributed by atoms with van der Waals surface area (Å²) in [5.74, 6) is -2.03. The van der Waals surface area contributed by atoms with Gasteiger partial charge in [-0.3, -0.25) is 9.59 Å². The van der Waals surface area contributed by atoms with Gasteiger partial charge >= 0.3 is 18.3 Å². The van der Waals surface area contributed by atoms with Crippen LogP contribution in [0.1, 0.15) is 21.7 Å². The molecule has 0 unspecified atom stereocenters. The van der Waals surface area contributed by atoms with Crippen molar-refractivity contribution in [2.75, 3.05) is 6.61 Å². The van der Waals surface area contributed by atoms with Crippen LogP contribution in [0.3, 0.4) is 0 Å². The molecule has 36 heavy (non-hydrogen) atoms. The number of esters is 1. The zero-order valence-corrected chi connectivity index (χ0v) is 19.3. The largest absolute Gasteiger partial charge is 0.456 e. The molecular weight excluding hydrogens is 476 g/mol. The van der Waals surface area contributed by atoms with Crippen molar-refractivity contribution < 1.29 is 32.3 Å². The number of aromatic nitrogens is 3. The molecule has 9 nitrogen and oxygen atoms in total. The fraction of sp³-hybridized carbons (Fsp3) is 0.200. The molecule has 2 aromatic carbocycles. The number of aryl methyl sites for hydroxylation is 1. The van der Waals surface area contributed by atoms with E-state index in [1.165, 1.54) is 12.1 Å². The summed E-state index contributed by atoms with van der Waals surface area (Å²) in [5, 5.41) is 3.99. The average Bonchev–Trinajstić information content (AvgIpc) is 3.36. The molecule has 2 heterocycles. The van der Waals surface area contributed by atoms with Crippen molar-refractivity contribution in [3.8, 4) is 22.9 Å². The van der Waals surface area contributed by atoms with Crippen molar-refractivity contribution in [3.05, 3.63) is 88.2 Å². The van der Waals surface area contributed by atoms with E-state index in [0.29, 0.717) is 28.2 Å². The van der Waals surface area contributed by atoms with Crippen LogP contribution in [0, 0.1) is 13.8 Å². The molecule has 2 aromatic heterocycles. The van der Waals surface area contributed by atoms with Gasteiger partial charge in [0.1, 0.15) is 12.3 Å². The molecule has 0 fully saturated rings. The Morgan fingerprint density at radius 2 is 1.75 bits per heavy atom. The number of nitrogens with zero attached hydrogens (tertiary/aromatic N) is 3. The van der Waals surface area contributed by atoms with Crippen molar-refractivity contribution in [1.82, 2.24) is 14.3 Å². The molecule has 0 spiro atoms. The number of carbonyl (C=O) groups excluding carboxylic acids is 2. The fourth-order valence-corrected chi connectivity index (χ4v) is 3.71. The summed E-state index contributed by atoms with van der Waals surface area (Å²) < 4.78 is 41.8. The summed E-state index contributed by atoms with van der Waals surface area (Å²) in [7, 11) is 0. The highest BCUT2D eigenvalue weighted by atomic mass is 19.3. The van der Waals surface area contributed by atoms with E-state index in [1.54, 1.807) is 66.9 Å². The summed E-state index contributed by atoms with van der Waals surface area (Å²) in [6.07, 6.45) is 0. The number of carbonyl (C=O) groups is 2. The van der Waals surface area contributed by atoms with Crippen LogP contribution < -0.4 is 10.5 Å². The second-order valence-electron chi connectivity index (χ2n) is 7.77. The van der Waals surface area contributed by atoms with Crippen LogP contribution in [-0.4, -0.2) is 39.3 Å². The predicted molar refractivity (Wildman–Crippen MR) is 123 cm³/mol. The van der Waals surface area contributed by atoms with E-state index in [9.17, 15) is 23.2 Å². The lowest BCUT2D eigenvalue weighted by atomic mass is 10.1. The average molecular weight is 497 g/mol. The number of halogens is 2. The van der Waals surface area contributed by atoms with Gasteiger partial charge in [-0.15, -0.1) is 5.10 Å². The van der Waals surface area contributed by atoms with Crippen LogP contribution in [-0.2, 0) is 16.1 Å². The first kappa shape index (κ1) is 24.6. The second-order valence-corrected chi connectivity index (χ2v) is 7.77. The minimum absolute atomic E-state index is 0.0153. The molecule has 0 saturated heterocycles. The van der Waals surface area contributed by atoms with Crippen molar-refractivity contribution in [2.45, 2.75) is 27.0 Å². The summed E-state index contributed by atoms with van der Waals surface area (Å²) in [5.41, 5.74) is 2.84. The number of Topliss-reactive ketones (excluding diaryl/α,β-unsaturated/α-hetero) is 1. The Kier molecular flexibility index (Phi) is 7.09. The first-order valence-electron chi connectivity index (χ1n) is 10.8. The lowest BCUT2D eigenvalue weighted by Gasteiger charge is -2.11. The minimum atomic E-state index is -2.92. The highest BCUT2D eigenvalue weighted by Gasteiger charge is 2.20. The van der Waals surface area contributed by atoms with Gasteiger partial charge in [0.2, 0.25) is 11.7 Å². The molecule has 0 aliphatic carbocycles. The van der Waals surface area contributed by atoms with Gasteiger partial charge in [-0.2, -0.15) is 13.5 Å². The van der Waals surface area contributed by atoms with Crippen LogP contribution >= 0.6 is 0 Å². The Morgan fingerprint density at radius 3 is 2.42 bits per heavy atom. The summed E-state index contributed by atoms with van der Waals surface area (Å²) in [6, 6.07) is 16.3. The molecule has 0 N–H and O–H groups in total. The van der Waals surface area contributed by atoms with E-state index in [4.69, 9.17) is 9.15 Å². The van der Waals surface area contributed by atoms with Crippen LogP contribution in [0.5, 0.6) is 5.75 Å². The van der Waals surface area contributed by atoms with E-state index in [1.807, 2.05) is 0 Å². The lowest BCUT2D eigenvalue weighted by molar-refractivity contribution is -0.143. The molecule has 186 valence electrons. The van der Waals surface area contributed by atoms with Crippen LogP contribution in [0.15, 0.2) is 69.9 Å². The number of alkyl halides is 2. The normalized spacial score (nSPS) is 11.0. The Balaban J connectivity index is 1.41. The topological polar surface area (TPSA) is 106 Å². The third kappa shape index (κ3) is 5.40. The smallest absolute Gasteiger partial charge is 0.437 e. The molecule has 0 aliphatic heterocycles. The van der Waals surface area contributed by atoms with E-state index in [0.717, 1.165) is 4.68 Å². The third-order valence-electron chi connectivity index (χ3n) is 5.32. The van der Waals surface area contributed by atoms with E-state index >= 15 is 0 Å². The van der Waals surface area contributed by atoms with Crippen molar-refractivity contribution in [1.29, 1.82) is 0 Å². The molecule has 11 heteroatoms. The van der Waals surface area contributed by atoms with Crippen molar-refractivity contribution in [3.63, 3.8) is 0 Å². The number of rotatable bonds is 9. The van der Waals surface area contributed by atoms with Gasteiger partial charge in [-0.1, -0.05) is 18.2 Å². The van der Waals surface area contributed by atoms with E-state index in [2.05, 4.69) is 9.84 Å². The Bertz CT molecular complexity index is 1440. The van der Waals surface area contributed by atoms with Gasteiger partial charge in [0.25, 0.3) is 0 Å². The Morgan fingerprint density at radius 1 is 1.06 bits per heavy atom. The van der Waals surface area contributed by atoms with Crippen LogP contribution in [0.2, 0.25) is 0 Å². The standard InChI is InChI=1S/C25H21F2N3O6/c1-15-12-20(16(2)30(15)18-8-10-19(11-9-18)35-24(26)27)21(31)14-34-22(32)13-29-25(33)36-23(28-29)17-6-4-3-5-7-17/h3-12,24H,13-14H2,1-2H3. The van der Waals surface area contributed by atoms with Crippen LogP contribution in [0.25, 0.3) is 17.1 Å². The van der Waals surface area contributed by atoms with Gasteiger partial charge in [0, 0.05) is 28.2 Å². The van der Waals surface area contributed by atoms with Crippen LogP contribution in [0.4, 0.5) is 8.78 Å². The lowest BCUT2D eigenvalue weighted by Crippen LogP contribution is -2.24. The molecule has 4 aromatic rings. The number of ketones is 1. The summed E-state index contributed by atoms with van der Waals surface area (Å²) >= 11 is 0. The zero-order valence-electron chi connectivity index (χ0n) is 19.3. The van der Waals surface area contributed by atoms with E-state index < -0.39 is 37.3 Å².